The quantitative estimate of drug-likeness (QED) is 0.776. The molecular formula is C11H14FNO. The zero-order valence-electron chi connectivity index (χ0n) is 8.00. The predicted octanol–water partition coefficient (Wildman–Crippen LogP) is 1.68. The van der Waals surface area contributed by atoms with E-state index in [-0.39, 0.29) is 18.0 Å². The summed E-state index contributed by atoms with van der Waals surface area (Å²) in [6.45, 7) is 0.503. The van der Waals surface area contributed by atoms with Crippen molar-refractivity contribution >= 4 is 5.78 Å². The molecule has 0 unspecified atom stereocenters. The van der Waals surface area contributed by atoms with E-state index >= 15 is 0 Å². The van der Waals surface area contributed by atoms with Crippen molar-refractivity contribution in [2.45, 2.75) is 19.3 Å². The summed E-state index contributed by atoms with van der Waals surface area (Å²) >= 11 is 0. The SMILES string of the molecule is NCCCC(=O)Cc1ccccc1F. The van der Waals surface area contributed by atoms with E-state index in [2.05, 4.69) is 0 Å². The first-order valence-electron chi connectivity index (χ1n) is 4.69. The van der Waals surface area contributed by atoms with Crippen molar-refractivity contribution in [2.75, 3.05) is 6.54 Å². The highest BCUT2D eigenvalue weighted by atomic mass is 19.1. The number of nitrogens with two attached hydrogens (primary N) is 1. The highest BCUT2D eigenvalue weighted by Gasteiger charge is 2.06. The van der Waals surface area contributed by atoms with Crippen LogP contribution in [-0.4, -0.2) is 12.3 Å². The number of carbonyl (C=O) groups is 1. The first-order valence-corrected chi connectivity index (χ1v) is 4.69. The van der Waals surface area contributed by atoms with E-state index in [9.17, 15) is 9.18 Å². The van der Waals surface area contributed by atoms with Crippen LogP contribution < -0.4 is 5.73 Å². The summed E-state index contributed by atoms with van der Waals surface area (Å²) < 4.78 is 13.1. The molecule has 0 radical (unpaired) electrons. The molecule has 0 atom stereocenters. The van der Waals surface area contributed by atoms with E-state index in [4.69, 9.17) is 5.73 Å². The molecule has 0 saturated heterocycles. The number of Topliss-reactive ketones (excluding diaryl/α,β-unsaturated/α-hetero) is 1. The van der Waals surface area contributed by atoms with E-state index < -0.39 is 0 Å². The summed E-state index contributed by atoms with van der Waals surface area (Å²) in [4.78, 5) is 11.3. The van der Waals surface area contributed by atoms with Crippen LogP contribution in [0.3, 0.4) is 0 Å². The van der Waals surface area contributed by atoms with Crippen LogP contribution in [-0.2, 0) is 11.2 Å². The highest BCUT2D eigenvalue weighted by Crippen LogP contribution is 2.08. The van der Waals surface area contributed by atoms with Crippen molar-refractivity contribution in [2.24, 2.45) is 5.73 Å². The van der Waals surface area contributed by atoms with Gasteiger partial charge in [0, 0.05) is 12.8 Å². The Hall–Kier alpha value is -1.22. The van der Waals surface area contributed by atoms with E-state index in [1.165, 1.54) is 6.07 Å². The third-order valence-electron chi connectivity index (χ3n) is 2.01. The fraction of sp³-hybridized carbons (Fsp3) is 0.364. The maximum atomic E-state index is 13.1. The summed E-state index contributed by atoms with van der Waals surface area (Å²) in [7, 11) is 0. The maximum absolute atomic E-state index is 13.1. The maximum Gasteiger partial charge on any atom is 0.137 e. The lowest BCUT2D eigenvalue weighted by Crippen LogP contribution is -2.07. The van der Waals surface area contributed by atoms with E-state index in [1.807, 2.05) is 0 Å². The van der Waals surface area contributed by atoms with Gasteiger partial charge < -0.3 is 5.73 Å². The summed E-state index contributed by atoms with van der Waals surface area (Å²) in [5.41, 5.74) is 5.74. The van der Waals surface area contributed by atoms with Crippen LogP contribution in [0, 0.1) is 5.82 Å². The smallest absolute Gasteiger partial charge is 0.137 e. The first-order chi connectivity index (χ1) is 6.74. The average molecular weight is 195 g/mol. The fourth-order valence-electron chi connectivity index (χ4n) is 1.24. The van der Waals surface area contributed by atoms with Gasteiger partial charge in [0.15, 0.2) is 0 Å². The van der Waals surface area contributed by atoms with Crippen LogP contribution in [0.4, 0.5) is 4.39 Å². The second-order valence-corrected chi connectivity index (χ2v) is 3.20. The van der Waals surface area contributed by atoms with Gasteiger partial charge >= 0.3 is 0 Å². The molecule has 0 amide bonds. The number of hydrogen-bond donors (Lipinski definition) is 1. The zero-order valence-corrected chi connectivity index (χ0v) is 8.00. The number of carbonyl (C=O) groups excluding carboxylic acids is 1. The fourth-order valence-corrected chi connectivity index (χ4v) is 1.24. The second kappa shape index (κ2) is 5.50. The van der Waals surface area contributed by atoms with Gasteiger partial charge in [0.2, 0.25) is 0 Å². The molecule has 1 aromatic rings. The van der Waals surface area contributed by atoms with Gasteiger partial charge in [-0.1, -0.05) is 18.2 Å². The molecule has 0 fully saturated rings. The third kappa shape index (κ3) is 3.26. The van der Waals surface area contributed by atoms with E-state index in [1.54, 1.807) is 18.2 Å². The molecule has 0 aliphatic rings. The molecule has 0 aliphatic heterocycles. The van der Waals surface area contributed by atoms with Gasteiger partial charge in [-0.3, -0.25) is 4.79 Å². The molecule has 3 heteroatoms. The van der Waals surface area contributed by atoms with Crippen LogP contribution in [0.15, 0.2) is 24.3 Å². The summed E-state index contributed by atoms with van der Waals surface area (Å²) in [5, 5.41) is 0. The molecule has 1 aromatic carbocycles. The van der Waals surface area contributed by atoms with E-state index in [0.29, 0.717) is 24.9 Å². The normalized spacial score (nSPS) is 10.1. The molecule has 0 aliphatic carbocycles. The standard InChI is InChI=1S/C11H14FNO/c12-11-6-2-1-4-9(11)8-10(14)5-3-7-13/h1-2,4,6H,3,5,7-8,13H2. The molecule has 14 heavy (non-hydrogen) atoms. The first kappa shape index (κ1) is 10.9. The lowest BCUT2D eigenvalue weighted by molar-refractivity contribution is -0.118. The van der Waals surface area contributed by atoms with Crippen LogP contribution in [0.25, 0.3) is 0 Å². The molecule has 0 aromatic heterocycles. The molecule has 2 N–H and O–H groups in total. The zero-order chi connectivity index (χ0) is 10.4. The summed E-state index contributed by atoms with van der Waals surface area (Å²) in [5.74, 6) is -0.269. The molecule has 0 spiro atoms. The van der Waals surface area contributed by atoms with Gasteiger partial charge in [-0.05, 0) is 24.6 Å². The molecule has 0 saturated carbocycles. The molecular weight excluding hydrogens is 181 g/mol. The minimum Gasteiger partial charge on any atom is -0.330 e. The molecule has 0 heterocycles. The number of benzene rings is 1. The number of hydrogen-bond acceptors (Lipinski definition) is 2. The van der Waals surface area contributed by atoms with Crippen molar-refractivity contribution < 1.29 is 9.18 Å². The lowest BCUT2D eigenvalue weighted by Gasteiger charge is -2.01. The number of halogens is 1. The predicted molar refractivity (Wildman–Crippen MR) is 53.4 cm³/mol. The monoisotopic (exact) mass is 195 g/mol. The third-order valence-corrected chi connectivity index (χ3v) is 2.01. The molecule has 0 bridgehead atoms. The number of ketones is 1. The topological polar surface area (TPSA) is 43.1 Å². The van der Waals surface area contributed by atoms with Gasteiger partial charge in [-0.2, -0.15) is 0 Å². The van der Waals surface area contributed by atoms with Crippen molar-refractivity contribution in [1.29, 1.82) is 0 Å². The Morgan fingerprint density at radius 2 is 2.07 bits per heavy atom. The molecule has 1 rings (SSSR count). The van der Waals surface area contributed by atoms with E-state index in [0.717, 1.165) is 0 Å². The molecule has 76 valence electrons. The Balaban J connectivity index is 2.52. The Kier molecular flexibility index (Phi) is 4.26. The Morgan fingerprint density at radius 1 is 1.36 bits per heavy atom. The minimum absolute atomic E-state index is 0.0422. The summed E-state index contributed by atoms with van der Waals surface area (Å²) in [6.07, 6.45) is 1.28. The lowest BCUT2D eigenvalue weighted by atomic mass is 10.1. The van der Waals surface area contributed by atoms with Crippen LogP contribution >= 0.6 is 0 Å². The van der Waals surface area contributed by atoms with Crippen LogP contribution in [0.2, 0.25) is 0 Å². The van der Waals surface area contributed by atoms with Gasteiger partial charge in [0.05, 0.1) is 0 Å². The Morgan fingerprint density at radius 3 is 2.71 bits per heavy atom. The van der Waals surface area contributed by atoms with Crippen molar-refractivity contribution in [1.82, 2.24) is 0 Å². The highest BCUT2D eigenvalue weighted by molar-refractivity contribution is 5.80. The summed E-state index contributed by atoms with van der Waals surface area (Å²) in [6, 6.07) is 6.35. The van der Waals surface area contributed by atoms with Gasteiger partial charge in [-0.15, -0.1) is 0 Å². The van der Waals surface area contributed by atoms with Crippen LogP contribution in [0.1, 0.15) is 18.4 Å². The van der Waals surface area contributed by atoms with Gasteiger partial charge in [0.25, 0.3) is 0 Å². The number of rotatable bonds is 5. The van der Waals surface area contributed by atoms with Gasteiger partial charge in [0.1, 0.15) is 11.6 Å². The Bertz CT molecular complexity index is 312. The minimum atomic E-state index is -0.311. The van der Waals surface area contributed by atoms with Crippen LogP contribution in [0.5, 0.6) is 0 Å². The van der Waals surface area contributed by atoms with Crippen molar-refractivity contribution in [3.05, 3.63) is 35.6 Å². The second-order valence-electron chi connectivity index (χ2n) is 3.20. The Labute approximate surface area is 82.9 Å². The average Bonchev–Trinajstić information content (AvgIpc) is 2.18. The largest absolute Gasteiger partial charge is 0.330 e. The molecule has 2 nitrogen and oxygen atoms in total. The van der Waals surface area contributed by atoms with Gasteiger partial charge in [-0.25, -0.2) is 4.39 Å². The van der Waals surface area contributed by atoms with Crippen molar-refractivity contribution in [3.8, 4) is 0 Å². The van der Waals surface area contributed by atoms with Crippen molar-refractivity contribution in [3.63, 3.8) is 0 Å².